The van der Waals surface area contributed by atoms with Crippen LogP contribution in [0.2, 0.25) is 0 Å². The molecule has 0 aliphatic carbocycles. The molecule has 0 spiro atoms. The van der Waals surface area contributed by atoms with Crippen LogP contribution in [0.15, 0.2) is 24.4 Å². The third-order valence-electron chi connectivity index (χ3n) is 2.62. The highest BCUT2D eigenvalue weighted by molar-refractivity contribution is 5.62. The van der Waals surface area contributed by atoms with Gasteiger partial charge in [-0.15, -0.1) is 0 Å². The zero-order chi connectivity index (χ0) is 14.1. The number of fused-ring (bicyclic) bond motifs is 1. The van der Waals surface area contributed by atoms with Crippen molar-refractivity contribution in [2.45, 2.75) is 0 Å². The van der Waals surface area contributed by atoms with Gasteiger partial charge in [-0.3, -0.25) is 10.1 Å². The summed E-state index contributed by atoms with van der Waals surface area (Å²) < 4.78 is 10.4. The van der Waals surface area contributed by atoms with Crippen molar-refractivity contribution < 1.29 is 14.4 Å². The Morgan fingerprint density at radius 2 is 2.15 bits per heavy atom. The Bertz CT molecular complexity index is 691. The topological polar surface area (TPSA) is 125 Å². The van der Waals surface area contributed by atoms with Crippen LogP contribution in [-0.4, -0.2) is 21.7 Å². The van der Waals surface area contributed by atoms with Gasteiger partial charge in [-0.1, -0.05) is 0 Å². The number of benzene rings is 1. The van der Waals surface area contributed by atoms with Crippen LogP contribution in [-0.2, 0) is 0 Å². The Morgan fingerprint density at radius 3 is 2.90 bits per heavy atom. The minimum absolute atomic E-state index is 0.159. The monoisotopic (exact) mass is 275 g/mol. The van der Waals surface area contributed by atoms with Gasteiger partial charge in [0.05, 0.1) is 4.92 Å². The quantitative estimate of drug-likeness (QED) is 0.636. The summed E-state index contributed by atoms with van der Waals surface area (Å²) in [6.07, 6.45) is 1.05. The summed E-state index contributed by atoms with van der Waals surface area (Å²) in [6.45, 7) is 0.180. The number of nitrogens with zero attached hydrogens (tertiary/aromatic N) is 3. The molecule has 0 amide bonds. The van der Waals surface area contributed by atoms with Crippen molar-refractivity contribution in [2.75, 3.05) is 17.8 Å². The lowest BCUT2D eigenvalue weighted by atomic mass is 10.3. The molecule has 1 aromatic heterocycles. The van der Waals surface area contributed by atoms with Crippen LogP contribution in [0.3, 0.4) is 0 Å². The average molecular weight is 275 g/mol. The van der Waals surface area contributed by atoms with Crippen molar-refractivity contribution in [3.8, 4) is 11.5 Å². The standard InChI is InChI=1S/C11H9N5O4/c12-10-7(16(17)18)4-13-11(15-10)14-6-1-2-8-9(3-6)20-5-19-8/h1-4H,5H2,(H3,12,13,14,15). The lowest BCUT2D eigenvalue weighted by Gasteiger charge is -2.06. The summed E-state index contributed by atoms with van der Waals surface area (Å²) in [5.41, 5.74) is 5.81. The molecule has 0 saturated heterocycles. The molecule has 0 bridgehead atoms. The third kappa shape index (κ3) is 2.11. The van der Waals surface area contributed by atoms with E-state index in [0.717, 1.165) is 6.20 Å². The average Bonchev–Trinajstić information content (AvgIpc) is 2.85. The first-order chi connectivity index (χ1) is 9.63. The van der Waals surface area contributed by atoms with Gasteiger partial charge in [-0.2, -0.15) is 4.98 Å². The molecule has 2 aromatic rings. The maximum absolute atomic E-state index is 10.6. The largest absolute Gasteiger partial charge is 0.454 e. The molecule has 9 nitrogen and oxygen atoms in total. The van der Waals surface area contributed by atoms with Gasteiger partial charge in [-0.25, -0.2) is 4.98 Å². The number of anilines is 3. The van der Waals surface area contributed by atoms with Gasteiger partial charge >= 0.3 is 5.69 Å². The molecular formula is C11H9N5O4. The molecule has 102 valence electrons. The highest BCUT2D eigenvalue weighted by Crippen LogP contribution is 2.34. The van der Waals surface area contributed by atoms with Crippen molar-refractivity contribution in [1.82, 2.24) is 9.97 Å². The third-order valence-corrected chi connectivity index (χ3v) is 2.62. The normalized spacial score (nSPS) is 12.2. The smallest absolute Gasteiger partial charge is 0.329 e. The van der Waals surface area contributed by atoms with Gasteiger partial charge in [0.2, 0.25) is 18.6 Å². The summed E-state index contributed by atoms with van der Waals surface area (Å²) in [7, 11) is 0. The first kappa shape index (κ1) is 12.0. The van der Waals surface area contributed by atoms with Crippen molar-refractivity contribution in [1.29, 1.82) is 0 Å². The molecule has 0 unspecified atom stereocenters. The number of ether oxygens (including phenoxy) is 2. The fourth-order valence-electron chi connectivity index (χ4n) is 1.69. The number of nitrogen functional groups attached to an aromatic ring is 1. The van der Waals surface area contributed by atoms with E-state index >= 15 is 0 Å². The molecule has 0 fully saturated rings. The van der Waals surface area contributed by atoms with Crippen LogP contribution in [0, 0.1) is 10.1 Å². The predicted molar refractivity (Wildman–Crippen MR) is 68.9 cm³/mol. The first-order valence-corrected chi connectivity index (χ1v) is 5.57. The van der Waals surface area contributed by atoms with Crippen molar-refractivity contribution >= 4 is 23.1 Å². The molecule has 9 heteroatoms. The molecule has 20 heavy (non-hydrogen) atoms. The maximum Gasteiger partial charge on any atom is 0.329 e. The van der Waals surface area contributed by atoms with Gasteiger partial charge in [0.15, 0.2) is 11.5 Å². The molecule has 1 aliphatic rings. The van der Waals surface area contributed by atoms with Crippen LogP contribution < -0.4 is 20.5 Å². The Balaban J connectivity index is 1.84. The Hall–Kier alpha value is -3.10. The van der Waals surface area contributed by atoms with E-state index in [-0.39, 0.29) is 24.2 Å². The van der Waals surface area contributed by atoms with E-state index in [1.165, 1.54) is 0 Å². The van der Waals surface area contributed by atoms with E-state index in [2.05, 4.69) is 15.3 Å². The van der Waals surface area contributed by atoms with Gasteiger partial charge < -0.3 is 20.5 Å². The number of hydrogen-bond donors (Lipinski definition) is 2. The van der Waals surface area contributed by atoms with Crippen LogP contribution in [0.4, 0.5) is 23.1 Å². The predicted octanol–water partition coefficient (Wildman–Crippen LogP) is 1.44. The second-order valence-corrected chi connectivity index (χ2v) is 3.91. The molecule has 2 heterocycles. The molecule has 0 saturated carbocycles. The van der Waals surface area contributed by atoms with E-state index < -0.39 is 4.92 Å². The minimum atomic E-state index is -0.639. The second-order valence-electron chi connectivity index (χ2n) is 3.91. The highest BCUT2D eigenvalue weighted by atomic mass is 16.7. The molecule has 3 N–H and O–H groups in total. The Kier molecular flexibility index (Phi) is 2.71. The summed E-state index contributed by atoms with van der Waals surface area (Å²) in [5, 5.41) is 13.5. The summed E-state index contributed by atoms with van der Waals surface area (Å²) in [5.74, 6) is 1.21. The lowest BCUT2D eigenvalue weighted by Crippen LogP contribution is -2.03. The number of nitro groups is 1. The zero-order valence-electron chi connectivity index (χ0n) is 10.1. The number of nitrogens with two attached hydrogens (primary N) is 1. The molecular weight excluding hydrogens is 266 g/mol. The van der Waals surface area contributed by atoms with Gasteiger partial charge in [0.1, 0.15) is 6.20 Å². The maximum atomic E-state index is 10.6. The van der Waals surface area contributed by atoms with Crippen molar-refractivity contribution in [3.63, 3.8) is 0 Å². The van der Waals surface area contributed by atoms with Crippen LogP contribution in [0.25, 0.3) is 0 Å². The summed E-state index contributed by atoms with van der Waals surface area (Å²) in [4.78, 5) is 17.6. The van der Waals surface area contributed by atoms with E-state index in [9.17, 15) is 10.1 Å². The van der Waals surface area contributed by atoms with Crippen LogP contribution in [0.5, 0.6) is 11.5 Å². The van der Waals surface area contributed by atoms with Gasteiger partial charge in [0.25, 0.3) is 0 Å². The molecule has 3 rings (SSSR count). The van der Waals surface area contributed by atoms with Gasteiger partial charge in [0, 0.05) is 11.8 Å². The van der Waals surface area contributed by atoms with Crippen LogP contribution >= 0.6 is 0 Å². The summed E-state index contributed by atoms with van der Waals surface area (Å²) >= 11 is 0. The van der Waals surface area contributed by atoms with E-state index in [1.54, 1.807) is 18.2 Å². The summed E-state index contributed by atoms with van der Waals surface area (Å²) in [6, 6.07) is 5.19. The number of nitrogens with one attached hydrogen (secondary N) is 1. The zero-order valence-corrected chi connectivity index (χ0v) is 10.1. The fraction of sp³-hybridized carbons (Fsp3) is 0.0909. The Labute approximate surface area is 112 Å². The van der Waals surface area contributed by atoms with E-state index in [1.807, 2.05) is 0 Å². The number of aromatic nitrogens is 2. The van der Waals surface area contributed by atoms with Crippen molar-refractivity contribution in [3.05, 3.63) is 34.5 Å². The SMILES string of the molecule is Nc1nc(Nc2ccc3c(c2)OCO3)ncc1[N+](=O)[O-]. The number of hydrogen-bond acceptors (Lipinski definition) is 8. The van der Waals surface area contributed by atoms with E-state index in [4.69, 9.17) is 15.2 Å². The lowest BCUT2D eigenvalue weighted by molar-refractivity contribution is -0.384. The Morgan fingerprint density at radius 1 is 1.35 bits per heavy atom. The molecule has 0 atom stereocenters. The van der Waals surface area contributed by atoms with Gasteiger partial charge in [-0.05, 0) is 12.1 Å². The first-order valence-electron chi connectivity index (χ1n) is 5.57. The second kappa shape index (κ2) is 4.53. The van der Waals surface area contributed by atoms with Crippen molar-refractivity contribution in [2.24, 2.45) is 0 Å². The van der Waals surface area contributed by atoms with E-state index in [0.29, 0.717) is 17.2 Å². The minimum Gasteiger partial charge on any atom is -0.454 e. The molecule has 1 aromatic carbocycles. The van der Waals surface area contributed by atoms with Crippen LogP contribution in [0.1, 0.15) is 0 Å². The fourth-order valence-corrected chi connectivity index (χ4v) is 1.69. The number of rotatable bonds is 3. The highest BCUT2D eigenvalue weighted by Gasteiger charge is 2.16. The molecule has 0 radical (unpaired) electrons. The molecule has 1 aliphatic heterocycles.